The molecule has 3 aromatic rings. The summed E-state index contributed by atoms with van der Waals surface area (Å²) in [5.41, 5.74) is 11.0. The van der Waals surface area contributed by atoms with Crippen molar-refractivity contribution >= 4 is 17.4 Å². The van der Waals surface area contributed by atoms with Gasteiger partial charge in [-0.1, -0.05) is 42.5 Å². The molecule has 5 nitrogen and oxygen atoms in total. The Morgan fingerprint density at radius 3 is 2.28 bits per heavy atom. The minimum Gasteiger partial charge on any atom is -0.399 e. The number of anilines is 2. The summed E-state index contributed by atoms with van der Waals surface area (Å²) in [5.74, 6) is 3.29. The Labute approximate surface area is 213 Å². The lowest BCUT2D eigenvalue weighted by Gasteiger charge is -2.57. The molecule has 4 aliphatic rings. The van der Waals surface area contributed by atoms with Crippen LogP contribution < -0.4 is 11.1 Å². The monoisotopic (exact) mass is 480 g/mol. The molecule has 4 saturated carbocycles. The number of hydrogen-bond donors (Lipinski definition) is 2. The SMILES string of the molecule is Nc1ccc(-c2cnc(NC(=O)CCCc3ccccc3)c(CC34CC5CC(CC(C5)C3)C4)n2)cc1. The van der Waals surface area contributed by atoms with Gasteiger partial charge in [0.15, 0.2) is 5.82 Å². The van der Waals surface area contributed by atoms with Gasteiger partial charge in [0.25, 0.3) is 0 Å². The molecule has 4 aliphatic carbocycles. The minimum atomic E-state index is 0.0206. The lowest BCUT2D eigenvalue weighted by atomic mass is 9.48. The maximum absolute atomic E-state index is 12.9. The molecule has 1 heterocycles. The quantitative estimate of drug-likeness (QED) is 0.363. The number of nitrogens with zero attached hydrogens (tertiary/aromatic N) is 2. The topological polar surface area (TPSA) is 80.9 Å². The Morgan fingerprint density at radius 2 is 1.61 bits per heavy atom. The molecular weight excluding hydrogens is 444 g/mol. The number of benzene rings is 2. The highest BCUT2D eigenvalue weighted by atomic mass is 16.1. The van der Waals surface area contributed by atoms with Crippen LogP contribution in [-0.2, 0) is 17.6 Å². The van der Waals surface area contributed by atoms with E-state index in [2.05, 4.69) is 17.4 Å². The van der Waals surface area contributed by atoms with E-state index in [0.717, 1.165) is 59.7 Å². The van der Waals surface area contributed by atoms with Crippen molar-refractivity contribution in [2.75, 3.05) is 11.1 Å². The summed E-state index contributed by atoms with van der Waals surface area (Å²) >= 11 is 0. The summed E-state index contributed by atoms with van der Waals surface area (Å²) in [7, 11) is 0. The van der Waals surface area contributed by atoms with Gasteiger partial charge in [0.2, 0.25) is 5.91 Å². The molecule has 4 fully saturated rings. The number of hydrogen-bond acceptors (Lipinski definition) is 4. The number of nitrogen functional groups attached to an aromatic ring is 1. The molecule has 1 amide bonds. The molecule has 186 valence electrons. The van der Waals surface area contributed by atoms with Gasteiger partial charge < -0.3 is 11.1 Å². The van der Waals surface area contributed by atoms with Gasteiger partial charge in [-0.05, 0) is 98.7 Å². The van der Waals surface area contributed by atoms with Crippen LogP contribution >= 0.6 is 0 Å². The van der Waals surface area contributed by atoms with Crippen LogP contribution in [0.5, 0.6) is 0 Å². The van der Waals surface area contributed by atoms with E-state index in [9.17, 15) is 4.79 Å². The zero-order valence-electron chi connectivity index (χ0n) is 21.0. The van der Waals surface area contributed by atoms with Crippen molar-refractivity contribution in [1.82, 2.24) is 9.97 Å². The number of aromatic nitrogens is 2. The van der Waals surface area contributed by atoms with Crippen LogP contribution in [0.2, 0.25) is 0 Å². The first kappa shape index (κ1) is 23.2. The van der Waals surface area contributed by atoms with E-state index < -0.39 is 0 Å². The predicted molar refractivity (Wildman–Crippen MR) is 144 cm³/mol. The lowest BCUT2D eigenvalue weighted by molar-refractivity contribution is -0.116. The van der Waals surface area contributed by atoms with E-state index in [4.69, 9.17) is 15.7 Å². The van der Waals surface area contributed by atoms with Gasteiger partial charge in [0.1, 0.15) is 0 Å². The van der Waals surface area contributed by atoms with Gasteiger partial charge >= 0.3 is 0 Å². The summed E-state index contributed by atoms with van der Waals surface area (Å²) in [6, 6.07) is 18.1. The van der Waals surface area contributed by atoms with Gasteiger partial charge in [-0.3, -0.25) is 4.79 Å². The zero-order valence-corrected chi connectivity index (χ0v) is 21.0. The van der Waals surface area contributed by atoms with Crippen LogP contribution in [0.25, 0.3) is 11.3 Å². The van der Waals surface area contributed by atoms with Crippen molar-refractivity contribution in [1.29, 1.82) is 0 Å². The molecule has 1 aromatic heterocycles. The maximum atomic E-state index is 12.9. The van der Waals surface area contributed by atoms with Crippen LogP contribution in [0.4, 0.5) is 11.5 Å². The number of nitrogens with one attached hydrogen (secondary N) is 1. The Balaban J connectivity index is 1.22. The number of nitrogens with two attached hydrogens (primary N) is 1. The highest BCUT2D eigenvalue weighted by Gasteiger charge is 2.51. The molecule has 0 unspecified atom stereocenters. The third-order valence-corrected chi connectivity index (χ3v) is 8.73. The molecule has 5 heteroatoms. The average molecular weight is 481 g/mol. The van der Waals surface area contributed by atoms with Crippen molar-refractivity contribution < 1.29 is 4.79 Å². The normalized spacial score (nSPS) is 26.2. The maximum Gasteiger partial charge on any atom is 0.225 e. The van der Waals surface area contributed by atoms with Crippen LogP contribution in [0, 0.1) is 23.2 Å². The number of carbonyl (C=O) groups excluding carboxylic acids is 1. The highest BCUT2D eigenvalue weighted by Crippen LogP contribution is 2.61. The number of rotatable bonds is 8. The molecule has 3 N–H and O–H groups in total. The first-order valence-corrected chi connectivity index (χ1v) is 13.6. The summed E-state index contributed by atoms with van der Waals surface area (Å²) in [6.07, 6.45) is 13.1. The summed E-state index contributed by atoms with van der Waals surface area (Å²) in [5, 5.41) is 3.13. The van der Waals surface area contributed by atoms with Gasteiger partial charge in [0, 0.05) is 17.7 Å². The second kappa shape index (κ2) is 9.68. The van der Waals surface area contributed by atoms with E-state index in [1.54, 1.807) is 6.20 Å². The first-order valence-electron chi connectivity index (χ1n) is 13.6. The van der Waals surface area contributed by atoms with E-state index >= 15 is 0 Å². The molecule has 2 aromatic carbocycles. The van der Waals surface area contributed by atoms with E-state index in [-0.39, 0.29) is 5.91 Å². The Bertz CT molecular complexity index is 1190. The second-order valence-corrected chi connectivity index (χ2v) is 11.7. The van der Waals surface area contributed by atoms with Gasteiger partial charge in [-0.15, -0.1) is 0 Å². The molecule has 0 spiro atoms. The summed E-state index contributed by atoms with van der Waals surface area (Å²) in [4.78, 5) is 22.8. The average Bonchev–Trinajstić information content (AvgIpc) is 2.85. The molecule has 0 aliphatic heterocycles. The number of aryl methyl sites for hydroxylation is 1. The molecular formula is C31H36N4O. The van der Waals surface area contributed by atoms with Crippen molar-refractivity contribution in [2.24, 2.45) is 23.2 Å². The van der Waals surface area contributed by atoms with Crippen molar-refractivity contribution in [3.05, 3.63) is 72.1 Å². The van der Waals surface area contributed by atoms with Crippen LogP contribution in [0.15, 0.2) is 60.8 Å². The lowest BCUT2D eigenvalue weighted by Crippen LogP contribution is -2.47. The fourth-order valence-corrected chi connectivity index (χ4v) is 7.60. The van der Waals surface area contributed by atoms with Crippen molar-refractivity contribution in [3.8, 4) is 11.3 Å². The van der Waals surface area contributed by atoms with Gasteiger partial charge in [-0.2, -0.15) is 0 Å². The molecule has 0 saturated heterocycles. The number of amides is 1. The Morgan fingerprint density at radius 1 is 0.944 bits per heavy atom. The smallest absolute Gasteiger partial charge is 0.225 e. The van der Waals surface area contributed by atoms with Crippen LogP contribution in [0.3, 0.4) is 0 Å². The highest BCUT2D eigenvalue weighted by molar-refractivity contribution is 5.90. The molecule has 36 heavy (non-hydrogen) atoms. The van der Waals surface area contributed by atoms with Crippen molar-refractivity contribution in [3.63, 3.8) is 0 Å². The van der Waals surface area contributed by atoms with E-state index in [1.807, 2.05) is 42.5 Å². The zero-order chi connectivity index (χ0) is 24.5. The van der Waals surface area contributed by atoms with Crippen LogP contribution in [0.1, 0.15) is 62.6 Å². The Kier molecular flexibility index (Phi) is 6.24. The standard InChI is InChI=1S/C31H36N4O/c32-26-11-9-25(10-12-26)28-20-33-30(35-29(36)8-4-7-21-5-2-1-3-6-21)27(34-28)19-31-16-22-13-23(17-31)15-24(14-22)18-31/h1-3,5-6,9-12,20,22-24H,4,7-8,13-19,32H2,(H,33,35,36). The predicted octanol–water partition coefficient (Wildman–Crippen LogP) is 6.45. The summed E-state index contributed by atoms with van der Waals surface area (Å²) < 4.78 is 0. The van der Waals surface area contributed by atoms with Gasteiger partial charge in [0.05, 0.1) is 17.6 Å². The number of carbonyl (C=O) groups is 1. The van der Waals surface area contributed by atoms with E-state index in [0.29, 0.717) is 17.7 Å². The Hall–Kier alpha value is -3.21. The molecule has 0 atom stereocenters. The van der Waals surface area contributed by atoms with Gasteiger partial charge in [-0.25, -0.2) is 9.97 Å². The summed E-state index contributed by atoms with van der Waals surface area (Å²) in [6.45, 7) is 0. The van der Waals surface area contributed by atoms with E-state index in [1.165, 1.54) is 44.1 Å². The molecule has 7 rings (SSSR count). The largest absolute Gasteiger partial charge is 0.399 e. The third kappa shape index (κ3) is 5.02. The fourth-order valence-electron chi connectivity index (χ4n) is 7.60. The van der Waals surface area contributed by atoms with Crippen molar-refractivity contribution in [2.45, 2.75) is 64.2 Å². The first-order chi connectivity index (χ1) is 17.5. The minimum absolute atomic E-state index is 0.0206. The molecule has 4 bridgehead atoms. The van der Waals surface area contributed by atoms with Crippen LogP contribution in [-0.4, -0.2) is 15.9 Å². The third-order valence-electron chi connectivity index (χ3n) is 8.73. The fraction of sp³-hybridized carbons (Fsp3) is 0.452. The molecule has 0 radical (unpaired) electrons. The second-order valence-electron chi connectivity index (χ2n) is 11.7.